The van der Waals surface area contributed by atoms with Gasteiger partial charge in [0.05, 0.1) is 11.6 Å². The first kappa shape index (κ1) is 18.8. The fourth-order valence-corrected chi connectivity index (χ4v) is 3.45. The summed E-state index contributed by atoms with van der Waals surface area (Å²) in [4.78, 5) is 27.0. The number of hydrogen-bond donors (Lipinski definition) is 1. The van der Waals surface area contributed by atoms with Crippen LogP contribution in [0.4, 0.5) is 10.1 Å². The molecular formula is C22H22FNO3. The Kier molecular flexibility index (Phi) is 5.13. The quantitative estimate of drug-likeness (QED) is 0.837. The van der Waals surface area contributed by atoms with Gasteiger partial charge in [-0.1, -0.05) is 44.2 Å². The van der Waals surface area contributed by atoms with Crippen molar-refractivity contribution in [1.29, 1.82) is 0 Å². The van der Waals surface area contributed by atoms with E-state index in [1.165, 1.54) is 23.1 Å². The van der Waals surface area contributed by atoms with Crippen molar-refractivity contribution < 1.29 is 19.1 Å². The third-order valence-corrected chi connectivity index (χ3v) is 4.67. The van der Waals surface area contributed by atoms with Crippen molar-refractivity contribution in [2.45, 2.75) is 33.2 Å². The summed E-state index contributed by atoms with van der Waals surface area (Å²) < 4.78 is 13.8. The van der Waals surface area contributed by atoms with Crippen molar-refractivity contribution in [1.82, 2.24) is 0 Å². The Morgan fingerprint density at radius 2 is 1.89 bits per heavy atom. The largest absolute Gasteiger partial charge is 0.503 e. The van der Waals surface area contributed by atoms with Crippen LogP contribution < -0.4 is 4.90 Å². The highest BCUT2D eigenvalue weighted by Crippen LogP contribution is 2.42. The molecule has 1 N–H and O–H groups in total. The predicted molar refractivity (Wildman–Crippen MR) is 102 cm³/mol. The molecular weight excluding hydrogens is 345 g/mol. The van der Waals surface area contributed by atoms with Gasteiger partial charge in [0.1, 0.15) is 5.82 Å². The lowest BCUT2D eigenvalue weighted by molar-refractivity contribution is -0.118. The number of carbonyl (C=O) groups is 2. The number of ketones is 1. The van der Waals surface area contributed by atoms with E-state index in [1.807, 2.05) is 45.0 Å². The predicted octanol–water partition coefficient (Wildman–Crippen LogP) is 4.65. The summed E-state index contributed by atoms with van der Waals surface area (Å²) in [7, 11) is 0. The van der Waals surface area contributed by atoms with E-state index in [0.717, 1.165) is 11.1 Å². The van der Waals surface area contributed by atoms with E-state index in [1.54, 1.807) is 6.07 Å². The molecule has 2 aromatic carbocycles. The molecule has 0 aromatic heterocycles. The fraction of sp³-hybridized carbons (Fsp3) is 0.273. The maximum Gasteiger partial charge on any atom is 0.294 e. The molecule has 1 aliphatic rings. The molecule has 1 amide bonds. The highest BCUT2D eigenvalue weighted by Gasteiger charge is 2.44. The zero-order chi connectivity index (χ0) is 19.7. The number of hydrogen-bond acceptors (Lipinski definition) is 3. The summed E-state index contributed by atoms with van der Waals surface area (Å²) in [6.45, 7) is 5.68. The minimum absolute atomic E-state index is 0.0762. The molecule has 1 atom stereocenters. The van der Waals surface area contributed by atoms with Gasteiger partial charge >= 0.3 is 0 Å². The lowest BCUT2D eigenvalue weighted by atomic mass is 9.90. The number of halogens is 1. The van der Waals surface area contributed by atoms with E-state index in [2.05, 4.69) is 0 Å². The average Bonchev–Trinajstić information content (AvgIpc) is 2.86. The van der Waals surface area contributed by atoms with Crippen LogP contribution in [0.25, 0.3) is 0 Å². The molecule has 0 aliphatic carbocycles. The molecule has 2 aromatic rings. The highest BCUT2D eigenvalue weighted by molar-refractivity contribution is 6.16. The van der Waals surface area contributed by atoms with Crippen LogP contribution in [0.1, 0.15) is 37.4 Å². The van der Waals surface area contributed by atoms with E-state index >= 15 is 0 Å². The Bertz CT molecular complexity index is 933. The number of Topliss-reactive ketones (excluding diaryl/α,β-unsaturated/α-hetero) is 1. The summed E-state index contributed by atoms with van der Waals surface area (Å²) in [5, 5.41) is 10.5. The van der Waals surface area contributed by atoms with E-state index < -0.39 is 23.5 Å². The van der Waals surface area contributed by atoms with Crippen LogP contribution >= 0.6 is 0 Å². The Morgan fingerprint density at radius 1 is 1.19 bits per heavy atom. The monoisotopic (exact) mass is 367 g/mol. The molecule has 0 radical (unpaired) electrons. The summed E-state index contributed by atoms with van der Waals surface area (Å²) >= 11 is 0. The number of benzene rings is 2. The van der Waals surface area contributed by atoms with Gasteiger partial charge in [0.15, 0.2) is 11.5 Å². The van der Waals surface area contributed by atoms with E-state index in [0.29, 0.717) is 5.69 Å². The molecule has 1 heterocycles. The molecule has 0 fully saturated rings. The van der Waals surface area contributed by atoms with Gasteiger partial charge in [-0.05, 0) is 42.2 Å². The SMILES string of the molecule is Cc1ccccc1C1C(C(=O)CC(C)C)=C(O)C(=O)N1c1cccc(F)c1. The van der Waals surface area contributed by atoms with Crippen LogP contribution in [0.2, 0.25) is 0 Å². The molecule has 0 bridgehead atoms. The summed E-state index contributed by atoms with van der Waals surface area (Å²) in [6.07, 6.45) is 0.214. The van der Waals surface area contributed by atoms with Crippen LogP contribution in [0, 0.1) is 18.7 Å². The van der Waals surface area contributed by atoms with Crippen molar-refractivity contribution in [2.24, 2.45) is 5.92 Å². The van der Waals surface area contributed by atoms with Gasteiger partial charge in [0.2, 0.25) is 0 Å². The molecule has 1 unspecified atom stereocenters. The van der Waals surface area contributed by atoms with Crippen LogP contribution in [0.5, 0.6) is 0 Å². The Hall–Kier alpha value is -2.95. The van der Waals surface area contributed by atoms with Gasteiger partial charge in [0.25, 0.3) is 5.91 Å². The first-order valence-electron chi connectivity index (χ1n) is 8.92. The second-order valence-corrected chi connectivity index (χ2v) is 7.20. The van der Waals surface area contributed by atoms with E-state index in [4.69, 9.17) is 0 Å². The topological polar surface area (TPSA) is 57.6 Å². The minimum Gasteiger partial charge on any atom is -0.503 e. The van der Waals surface area contributed by atoms with Crippen molar-refractivity contribution in [3.8, 4) is 0 Å². The molecule has 0 spiro atoms. The number of amides is 1. The van der Waals surface area contributed by atoms with E-state index in [-0.39, 0.29) is 23.7 Å². The highest BCUT2D eigenvalue weighted by atomic mass is 19.1. The number of aryl methyl sites for hydroxylation is 1. The molecule has 27 heavy (non-hydrogen) atoms. The number of anilines is 1. The first-order chi connectivity index (χ1) is 12.8. The number of aliphatic hydroxyl groups excluding tert-OH is 1. The number of aliphatic hydroxyl groups is 1. The fourth-order valence-electron chi connectivity index (χ4n) is 3.45. The van der Waals surface area contributed by atoms with Crippen molar-refractivity contribution >= 4 is 17.4 Å². The number of rotatable bonds is 5. The van der Waals surface area contributed by atoms with Gasteiger partial charge in [-0.15, -0.1) is 0 Å². The summed E-state index contributed by atoms with van der Waals surface area (Å²) in [5.41, 5.74) is 1.98. The van der Waals surface area contributed by atoms with Crippen molar-refractivity contribution in [2.75, 3.05) is 4.90 Å². The van der Waals surface area contributed by atoms with Crippen molar-refractivity contribution in [3.05, 3.63) is 76.8 Å². The van der Waals surface area contributed by atoms with Gasteiger partial charge < -0.3 is 5.11 Å². The lowest BCUT2D eigenvalue weighted by Gasteiger charge is -2.28. The molecule has 140 valence electrons. The molecule has 0 saturated carbocycles. The Morgan fingerprint density at radius 3 is 2.52 bits per heavy atom. The zero-order valence-electron chi connectivity index (χ0n) is 15.6. The van der Waals surface area contributed by atoms with Crippen LogP contribution in [-0.4, -0.2) is 16.8 Å². The van der Waals surface area contributed by atoms with Crippen molar-refractivity contribution in [3.63, 3.8) is 0 Å². The van der Waals surface area contributed by atoms with E-state index in [9.17, 15) is 19.1 Å². The summed E-state index contributed by atoms with van der Waals surface area (Å²) in [5.74, 6) is -1.94. The third-order valence-electron chi connectivity index (χ3n) is 4.67. The summed E-state index contributed by atoms with van der Waals surface area (Å²) in [6, 6.07) is 12.2. The lowest BCUT2D eigenvalue weighted by Crippen LogP contribution is -2.31. The number of nitrogens with zero attached hydrogens (tertiary/aromatic N) is 1. The maximum absolute atomic E-state index is 13.8. The normalized spacial score (nSPS) is 17.1. The smallest absolute Gasteiger partial charge is 0.294 e. The second kappa shape index (κ2) is 7.35. The molecule has 3 rings (SSSR count). The van der Waals surface area contributed by atoms with Gasteiger partial charge in [0, 0.05) is 12.1 Å². The Labute approximate surface area is 157 Å². The number of carbonyl (C=O) groups excluding carboxylic acids is 2. The standard InChI is InChI=1S/C22H22FNO3/c1-13(2)11-18(25)19-20(17-10-5-4-7-14(17)3)24(22(27)21(19)26)16-9-6-8-15(23)12-16/h4-10,12-13,20,26H,11H2,1-3H3. The molecule has 4 nitrogen and oxygen atoms in total. The van der Waals surface area contributed by atoms with Gasteiger partial charge in [-0.2, -0.15) is 0 Å². The minimum atomic E-state index is -0.785. The molecule has 5 heteroatoms. The van der Waals surface area contributed by atoms with Crippen LogP contribution in [0.3, 0.4) is 0 Å². The average molecular weight is 367 g/mol. The molecule has 0 saturated heterocycles. The zero-order valence-corrected chi connectivity index (χ0v) is 15.6. The van der Waals surface area contributed by atoms with Gasteiger partial charge in [-0.25, -0.2) is 4.39 Å². The molecule has 1 aliphatic heterocycles. The maximum atomic E-state index is 13.8. The third kappa shape index (κ3) is 3.50. The van der Waals surface area contributed by atoms with Crippen LogP contribution in [0.15, 0.2) is 59.9 Å². The second-order valence-electron chi connectivity index (χ2n) is 7.20. The Balaban J connectivity index is 2.19. The van der Waals surface area contributed by atoms with Gasteiger partial charge in [-0.3, -0.25) is 14.5 Å². The first-order valence-corrected chi connectivity index (χ1v) is 8.92. The van der Waals surface area contributed by atoms with Crippen LogP contribution in [-0.2, 0) is 9.59 Å².